The lowest BCUT2D eigenvalue weighted by atomic mass is 10.0. The Kier molecular flexibility index (Phi) is 6.82. The van der Waals surface area contributed by atoms with E-state index in [4.69, 9.17) is 4.74 Å². The van der Waals surface area contributed by atoms with Crippen molar-refractivity contribution >= 4 is 29.4 Å². The second kappa shape index (κ2) is 10.1. The van der Waals surface area contributed by atoms with Crippen molar-refractivity contribution in [3.63, 3.8) is 0 Å². The zero-order valence-corrected chi connectivity index (χ0v) is 18.7. The predicted molar refractivity (Wildman–Crippen MR) is 127 cm³/mol. The van der Waals surface area contributed by atoms with Crippen LogP contribution in [0, 0.1) is 0 Å². The van der Waals surface area contributed by atoms with Gasteiger partial charge in [0.05, 0.1) is 23.3 Å². The Hall–Kier alpha value is -4.26. The standard InChI is InChI=1S/C27H24N2O5/c1-2-16-34-27(33)19-12-14-20(15-13-19)28-24(30)23(17-18-8-4-3-5-9-18)29-25(31)21-10-6-7-11-22(21)26(29)32/h3-15,23H,2,16-17H2,1H3,(H,28,30). The van der Waals surface area contributed by atoms with Gasteiger partial charge in [-0.2, -0.15) is 0 Å². The largest absolute Gasteiger partial charge is 0.462 e. The summed E-state index contributed by atoms with van der Waals surface area (Å²) in [6.07, 6.45) is 0.889. The molecular formula is C27H24N2O5. The first kappa shape index (κ1) is 22.9. The van der Waals surface area contributed by atoms with Crippen LogP contribution in [0.2, 0.25) is 0 Å². The van der Waals surface area contributed by atoms with E-state index in [1.807, 2.05) is 37.3 Å². The van der Waals surface area contributed by atoms with Gasteiger partial charge in [-0.05, 0) is 48.4 Å². The van der Waals surface area contributed by atoms with Crippen LogP contribution in [0.1, 0.15) is 50.0 Å². The van der Waals surface area contributed by atoms with Crippen LogP contribution in [0.15, 0.2) is 78.9 Å². The fourth-order valence-corrected chi connectivity index (χ4v) is 3.82. The van der Waals surface area contributed by atoms with Gasteiger partial charge < -0.3 is 10.1 Å². The molecule has 7 nitrogen and oxygen atoms in total. The number of carbonyl (C=O) groups excluding carboxylic acids is 4. The molecule has 1 atom stereocenters. The Morgan fingerprint density at radius 2 is 1.44 bits per heavy atom. The highest BCUT2D eigenvalue weighted by molar-refractivity contribution is 6.23. The molecule has 0 spiro atoms. The third kappa shape index (κ3) is 4.73. The highest BCUT2D eigenvalue weighted by Gasteiger charge is 2.42. The van der Waals surface area contributed by atoms with E-state index in [2.05, 4.69) is 5.32 Å². The molecule has 0 aliphatic carbocycles. The van der Waals surface area contributed by atoms with Gasteiger partial charge in [0.25, 0.3) is 11.8 Å². The highest BCUT2D eigenvalue weighted by Crippen LogP contribution is 2.26. The van der Waals surface area contributed by atoms with Gasteiger partial charge in [-0.1, -0.05) is 49.4 Å². The molecule has 3 aromatic carbocycles. The van der Waals surface area contributed by atoms with Crippen molar-refractivity contribution in [3.05, 3.63) is 101 Å². The molecule has 1 unspecified atom stereocenters. The van der Waals surface area contributed by atoms with Crippen LogP contribution < -0.4 is 5.32 Å². The molecule has 1 aliphatic heterocycles. The van der Waals surface area contributed by atoms with Crippen molar-refractivity contribution in [1.82, 2.24) is 4.90 Å². The fraction of sp³-hybridized carbons (Fsp3) is 0.185. The molecule has 34 heavy (non-hydrogen) atoms. The van der Waals surface area contributed by atoms with Crippen LogP contribution in [0.4, 0.5) is 5.69 Å². The van der Waals surface area contributed by atoms with Gasteiger partial charge in [-0.25, -0.2) is 4.79 Å². The highest BCUT2D eigenvalue weighted by atomic mass is 16.5. The van der Waals surface area contributed by atoms with E-state index >= 15 is 0 Å². The van der Waals surface area contributed by atoms with Gasteiger partial charge in [0.2, 0.25) is 5.91 Å². The first-order chi connectivity index (χ1) is 16.5. The lowest BCUT2D eigenvalue weighted by Gasteiger charge is -2.25. The van der Waals surface area contributed by atoms with Gasteiger partial charge in [0, 0.05) is 12.1 Å². The van der Waals surface area contributed by atoms with Crippen molar-refractivity contribution in [1.29, 1.82) is 0 Å². The summed E-state index contributed by atoms with van der Waals surface area (Å²) in [5.74, 6) is -1.93. The monoisotopic (exact) mass is 456 g/mol. The summed E-state index contributed by atoms with van der Waals surface area (Å²) in [5, 5.41) is 2.78. The second-order valence-corrected chi connectivity index (χ2v) is 7.93. The summed E-state index contributed by atoms with van der Waals surface area (Å²) in [5.41, 5.74) is 2.19. The second-order valence-electron chi connectivity index (χ2n) is 7.93. The molecule has 3 amide bonds. The van der Waals surface area contributed by atoms with Gasteiger partial charge in [0.1, 0.15) is 6.04 Å². The van der Waals surface area contributed by atoms with E-state index in [0.717, 1.165) is 16.9 Å². The smallest absolute Gasteiger partial charge is 0.338 e. The SMILES string of the molecule is CCCOC(=O)c1ccc(NC(=O)C(Cc2ccccc2)N2C(=O)c3ccccc3C2=O)cc1. The zero-order valence-electron chi connectivity index (χ0n) is 18.7. The Balaban J connectivity index is 1.57. The molecule has 4 rings (SSSR count). The molecule has 0 fully saturated rings. The predicted octanol–water partition coefficient (Wildman–Crippen LogP) is 4.10. The molecule has 0 aromatic heterocycles. The van der Waals surface area contributed by atoms with Gasteiger partial charge in [-0.15, -0.1) is 0 Å². The number of rotatable bonds is 8. The van der Waals surface area contributed by atoms with Gasteiger partial charge >= 0.3 is 5.97 Å². The maximum atomic E-state index is 13.4. The van der Waals surface area contributed by atoms with E-state index < -0.39 is 29.7 Å². The molecular weight excluding hydrogens is 432 g/mol. The number of nitrogens with zero attached hydrogens (tertiary/aromatic N) is 1. The summed E-state index contributed by atoms with van der Waals surface area (Å²) in [6, 6.07) is 21.0. The summed E-state index contributed by atoms with van der Waals surface area (Å²) in [4.78, 5) is 52.6. The Bertz CT molecular complexity index is 1190. The lowest BCUT2D eigenvalue weighted by Crippen LogP contribution is -2.48. The van der Waals surface area contributed by atoms with Gasteiger partial charge in [0.15, 0.2) is 0 Å². The van der Waals surface area contributed by atoms with Crippen molar-refractivity contribution in [2.24, 2.45) is 0 Å². The number of nitrogens with one attached hydrogen (secondary N) is 1. The number of esters is 1. The summed E-state index contributed by atoms with van der Waals surface area (Å²) < 4.78 is 5.12. The number of hydrogen-bond acceptors (Lipinski definition) is 5. The molecule has 0 saturated carbocycles. The van der Waals surface area contributed by atoms with Crippen molar-refractivity contribution in [3.8, 4) is 0 Å². The lowest BCUT2D eigenvalue weighted by molar-refractivity contribution is -0.119. The number of fused-ring (bicyclic) bond motifs is 1. The molecule has 1 heterocycles. The normalized spacial score (nSPS) is 13.4. The Morgan fingerprint density at radius 1 is 0.853 bits per heavy atom. The number of anilines is 1. The van der Waals surface area contributed by atoms with E-state index in [1.54, 1.807) is 48.5 Å². The minimum absolute atomic E-state index is 0.166. The van der Waals surface area contributed by atoms with Crippen LogP contribution in [-0.2, 0) is 16.0 Å². The number of benzene rings is 3. The average Bonchev–Trinajstić information content (AvgIpc) is 3.12. The first-order valence-corrected chi connectivity index (χ1v) is 11.1. The minimum Gasteiger partial charge on any atom is -0.462 e. The van der Waals surface area contributed by atoms with Gasteiger partial charge in [-0.3, -0.25) is 19.3 Å². The molecule has 7 heteroatoms. The van der Waals surface area contributed by atoms with E-state index in [9.17, 15) is 19.2 Å². The quantitative estimate of drug-likeness (QED) is 0.407. The van der Waals surface area contributed by atoms with Crippen molar-refractivity contribution in [2.45, 2.75) is 25.8 Å². The maximum Gasteiger partial charge on any atom is 0.338 e. The Morgan fingerprint density at radius 3 is 2.03 bits per heavy atom. The van der Waals surface area contributed by atoms with Crippen LogP contribution in [0.3, 0.4) is 0 Å². The summed E-state index contributed by atoms with van der Waals surface area (Å²) >= 11 is 0. The number of hydrogen-bond donors (Lipinski definition) is 1. The fourth-order valence-electron chi connectivity index (χ4n) is 3.82. The Labute approximate surface area is 197 Å². The average molecular weight is 456 g/mol. The summed E-state index contributed by atoms with van der Waals surface area (Å²) in [7, 11) is 0. The molecule has 3 aromatic rings. The number of imide groups is 1. The summed E-state index contributed by atoms with van der Waals surface area (Å²) in [6.45, 7) is 2.24. The van der Waals surface area contributed by atoms with Crippen LogP contribution in [0.25, 0.3) is 0 Å². The van der Waals surface area contributed by atoms with Crippen LogP contribution in [0.5, 0.6) is 0 Å². The number of carbonyl (C=O) groups is 4. The molecule has 1 aliphatic rings. The third-order valence-electron chi connectivity index (χ3n) is 5.54. The van der Waals surface area contributed by atoms with E-state index in [-0.39, 0.29) is 17.5 Å². The van der Waals surface area contributed by atoms with E-state index in [0.29, 0.717) is 17.9 Å². The number of amides is 3. The molecule has 0 saturated heterocycles. The molecule has 1 N–H and O–H groups in total. The van der Waals surface area contributed by atoms with Crippen LogP contribution in [-0.4, -0.2) is 41.2 Å². The number of ether oxygens (including phenoxy) is 1. The maximum absolute atomic E-state index is 13.4. The molecule has 172 valence electrons. The third-order valence-corrected chi connectivity index (χ3v) is 5.54. The van der Waals surface area contributed by atoms with Crippen LogP contribution >= 0.6 is 0 Å². The van der Waals surface area contributed by atoms with Crippen molar-refractivity contribution in [2.75, 3.05) is 11.9 Å². The zero-order chi connectivity index (χ0) is 24.1. The van der Waals surface area contributed by atoms with Crippen molar-refractivity contribution < 1.29 is 23.9 Å². The van der Waals surface area contributed by atoms with E-state index in [1.165, 1.54) is 0 Å². The minimum atomic E-state index is -1.05. The topological polar surface area (TPSA) is 92.8 Å². The molecule has 0 bridgehead atoms. The molecule has 0 radical (unpaired) electrons. The first-order valence-electron chi connectivity index (χ1n) is 11.1.